The van der Waals surface area contributed by atoms with Gasteiger partial charge in [-0.25, -0.2) is 0 Å². The lowest BCUT2D eigenvalue weighted by molar-refractivity contribution is -0.114. The number of amides is 1. The van der Waals surface area contributed by atoms with Crippen molar-refractivity contribution in [1.82, 2.24) is 4.68 Å². The number of ketones is 1. The molecule has 0 radical (unpaired) electrons. The molecule has 2 aromatic heterocycles. The highest BCUT2D eigenvalue weighted by Gasteiger charge is 2.35. The SMILES string of the molecule is CC(=O)c1ccc(-c2ccc(/C=C3/SC(=S)N(n4c(C)ccc4C)C3=O)o2)cc1. The van der Waals surface area contributed by atoms with Crippen molar-refractivity contribution in [3.63, 3.8) is 0 Å². The molecule has 29 heavy (non-hydrogen) atoms. The maximum atomic E-state index is 13.0. The standard InChI is InChI=1S/C22H18N2O3S2/c1-13-4-5-14(2)23(13)24-21(26)20(29-22(24)28)12-18-10-11-19(27-18)17-8-6-16(7-9-17)15(3)25/h4-12H,1-3H3/b20-12+. The Morgan fingerprint density at radius 3 is 2.31 bits per heavy atom. The minimum Gasteiger partial charge on any atom is -0.457 e. The molecule has 4 rings (SSSR count). The predicted molar refractivity (Wildman–Crippen MR) is 119 cm³/mol. The van der Waals surface area contributed by atoms with Crippen molar-refractivity contribution in [2.24, 2.45) is 0 Å². The summed E-state index contributed by atoms with van der Waals surface area (Å²) in [5.41, 5.74) is 3.39. The second kappa shape index (κ2) is 7.50. The lowest BCUT2D eigenvalue weighted by atomic mass is 10.1. The Hall–Kier alpha value is -2.90. The van der Waals surface area contributed by atoms with Crippen LogP contribution in [0.25, 0.3) is 17.4 Å². The van der Waals surface area contributed by atoms with Crippen LogP contribution in [0.5, 0.6) is 0 Å². The molecular weight excluding hydrogens is 404 g/mol. The van der Waals surface area contributed by atoms with Crippen LogP contribution in [0.2, 0.25) is 0 Å². The minimum atomic E-state index is -0.175. The molecule has 3 heterocycles. The van der Waals surface area contributed by atoms with Crippen LogP contribution in [0.15, 0.2) is 57.9 Å². The highest BCUT2D eigenvalue weighted by atomic mass is 32.2. The van der Waals surface area contributed by atoms with Crippen molar-refractivity contribution < 1.29 is 14.0 Å². The fourth-order valence-corrected chi connectivity index (χ4v) is 4.41. The first-order valence-corrected chi connectivity index (χ1v) is 10.2. The van der Waals surface area contributed by atoms with E-state index in [-0.39, 0.29) is 11.7 Å². The number of hydrogen-bond donors (Lipinski definition) is 0. The van der Waals surface area contributed by atoms with Gasteiger partial charge in [-0.3, -0.25) is 14.3 Å². The summed E-state index contributed by atoms with van der Waals surface area (Å²) in [7, 11) is 0. The molecule has 0 N–H and O–H groups in total. The van der Waals surface area contributed by atoms with Crippen molar-refractivity contribution in [1.29, 1.82) is 0 Å². The van der Waals surface area contributed by atoms with E-state index in [0.29, 0.717) is 26.3 Å². The molecule has 0 bridgehead atoms. The summed E-state index contributed by atoms with van der Waals surface area (Å²) in [6.45, 7) is 5.41. The van der Waals surface area contributed by atoms with Crippen LogP contribution in [0.4, 0.5) is 0 Å². The number of Topliss-reactive ketones (excluding diaryl/α,β-unsaturated/α-hetero) is 1. The quantitative estimate of drug-likeness (QED) is 0.332. The van der Waals surface area contributed by atoms with Gasteiger partial charge in [-0.1, -0.05) is 36.0 Å². The van der Waals surface area contributed by atoms with Crippen LogP contribution in [-0.2, 0) is 4.79 Å². The summed E-state index contributed by atoms with van der Waals surface area (Å²) in [5.74, 6) is 1.08. The average molecular weight is 423 g/mol. The molecule has 1 saturated heterocycles. The van der Waals surface area contributed by atoms with Crippen molar-refractivity contribution in [2.75, 3.05) is 5.01 Å². The smallest absolute Gasteiger partial charge is 0.285 e. The van der Waals surface area contributed by atoms with E-state index >= 15 is 0 Å². The van der Waals surface area contributed by atoms with Crippen molar-refractivity contribution in [3.8, 4) is 11.3 Å². The third-order valence-electron chi connectivity index (χ3n) is 4.68. The number of aromatic nitrogens is 1. The summed E-state index contributed by atoms with van der Waals surface area (Å²) in [6.07, 6.45) is 1.71. The summed E-state index contributed by atoms with van der Waals surface area (Å²) < 4.78 is 8.20. The van der Waals surface area contributed by atoms with Gasteiger partial charge in [0.1, 0.15) is 11.5 Å². The highest BCUT2D eigenvalue weighted by Crippen LogP contribution is 2.33. The fraction of sp³-hybridized carbons (Fsp3) is 0.136. The zero-order valence-corrected chi connectivity index (χ0v) is 17.8. The summed E-state index contributed by atoms with van der Waals surface area (Å²) >= 11 is 6.69. The van der Waals surface area contributed by atoms with Crippen LogP contribution >= 0.6 is 24.0 Å². The van der Waals surface area contributed by atoms with Crippen LogP contribution in [0, 0.1) is 13.8 Å². The van der Waals surface area contributed by atoms with E-state index in [9.17, 15) is 9.59 Å². The predicted octanol–water partition coefficient (Wildman–Crippen LogP) is 5.10. The number of benzene rings is 1. The number of rotatable bonds is 4. The number of thioether (sulfide) groups is 1. The third-order valence-corrected chi connectivity index (χ3v) is 5.97. The molecule has 0 atom stereocenters. The number of carbonyl (C=O) groups is 2. The molecule has 0 aliphatic carbocycles. The first-order valence-electron chi connectivity index (χ1n) is 8.99. The zero-order valence-electron chi connectivity index (χ0n) is 16.1. The van der Waals surface area contributed by atoms with E-state index in [1.165, 1.54) is 23.7 Å². The second-order valence-corrected chi connectivity index (χ2v) is 8.43. The third kappa shape index (κ3) is 3.59. The topological polar surface area (TPSA) is 55.5 Å². The Labute approximate surface area is 178 Å². The lowest BCUT2D eigenvalue weighted by Gasteiger charge is -2.20. The molecule has 5 nitrogen and oxygen atoms in total. The van der Waals surface area contributed by atoms with E-state index in [0.717, 1.165) is 17.0 Å². The normalized spacial score (nSPS) is 15.6. The van der Waals surface area contributed by atoms with Crippen molar-refractivity contribution in [2.45, 2.75) is 20.8 Å². The molecule has 7 heteroatoms. The fourth-order valence-electron chi connectivity index (χ4n) is 3.19. The van der Waals surface area contributed by atoms with Gasteiger partial charge in [-0.05, 0) is 57.3 Å². The van der Waals surface area contributed by atoms with E-state index in [2.05, 4.69) is 0 Å². The number of aryl methyl sites for hydroxylation is 2. The number of carbonyl (C=O) groups excluding carboxylic acids is 2. The second-order valence-electron chi connectivity index (χ2n) is 6.76. The Balaban J connectivity index is 1.60. The number of hydrogen-bond acceptors (Lipinski definition) is 5. The van der Waals surface area contributed by atoms with Gasteiger partial charge in [-0.15, -0.1) is 0 Å². The molecule has 146 valence electrons. The number of thiocarbonyl (C=S) groups is 1. The van der Waals surface area contributed by atoms with Gasteiger partial charge in [0.25, 0.3) is 5.91 Å². The minimum absolute atomic E-state index is 0.0203. The maximum Gasteiger partial charge on any atom is 0.285 e. The van der Waals surface area contributed by atoms with Crippen LogP contribution in [0.1, 0.15) is 34.4 Å². The van der Waals surface area contributed by atoms with E-state index in [1.807, 2.05) is 54.9 Å². The molecule has 1 aliphatic heterocycles. The molecule has 1 fully saturated rings. The van der Waals surface area contributed by atoms with Crippen LogP contribution < -0.4 is 5.01 Å². The van der Waals surface area contributed by atoms with E-state index in [1.54, 1.807) is 18.2 Å². The molecule has 3 aromatic rings. The van der Waals surface area contributed by atoms with Gasteiger partial charge >= 0.3 is 0 Å². The molecular formula is C22H18N2O3S2. The monoisotopic (exact) mass is 422 g/mol. The summed E-state index contributed by atoms with van der Waals surface area (Å²) in [6, 6.07) is 14.8. The Kier molecular flexibility index (Phi) is 5.02. The molecule has 1 amide bonds. The Morgan fingerprint density at radius 1 is 1.03 bits per heavy atom. The number of furan rings is 1. The van der Waals surface area contributed by atoms with Gasteiger partial charge in [0.15, 0.2) is 10.1 Å². The van der Waals surface area contributed by atoms with Crippen molar-refractivity contribution >= 4 is 46.1 Å². The molecule has 1 aliphatic rings. The Bertz CT molecular complexity index is 1150. The van der Waals surface area contributed by atoms with Crippen LogP contribution in [-0.4, -0.2) is 20.7 Å². The van der Waals surface area contributed by atoms with Gasteiger partial charge in [-0.2, -0.15) is 5.01 Å². The number of nitrogens with zero attached hydrogens (tertiary/aromatic N) is 2. The molecule has 0 unspecified atom stereocenters. The largest absolute Gasteiger partial charge is 0.457 e. The van der Waals surface area contributed by atoms with E-state index < -0.39 is 0 Å². The zero-order chi connectivity index (χ0) is 20.7. The first-order chi connectivity index (χ1) is 13.8. The molecule has 0 saturated carbocycles. The van der Waals surface area contributed by atoms with Gasteiger partial charge in [0.05, 0.1) is 4.91 Å². The lowest BCUT2D eigenvalue weighted by Crippen LogP contribution is -2.39. The molecule has 1 aromatic carbocycles. The van der Waals surface area contributed by atoms with E-state index in [4.69, 9.17) is 16.6 Å². The first kappa shape index (κ1) is 19.4. The van der Waals surface area contributed by atoms with Gasteiger partial charge in [0, 0.05) is 28.6 Å². The molecule has 0 spiro atoms. The average Bonchev–Trinajstić information content (AvgIpc) is 3.36. The van der Waals surface area contributed by atoms with Crippen molar-refractivity contribution in [3.05, 3.63) is 76.1 Å². The summed E-state index contributed by atoms with van der Waals surface area (Å²) in [5, 5.41) is 1.51. The maximum absolute atomic E-state index is 13.0. The summed E-state index contributed by atoms with van der Waals surface area (Å²) in [4.78, 5) is 24.9. The Morgan fingerprint density at radius 2 is 1.69 bits per heavy atom. The van der Waals surface area contributed by atoms with Gasteiger partial charge in [0.2, 0.25) is 0 Å². The van der Waals surface area contributed by atoms with Crippen LogP contribution in [0.3, 0.4) is 0 Å². The van der Waals surface area contributed by atoms with Gasteiger partial charge < -0.3 is 4.42 Å². The highest BCUT2D eigenvalue weighted by molar-refractivity contribution is 8.27.